The van der Waals surface area contributed by atoms with Crippen molar-refractivity contribution in [3.63, 3.8) is 0 Å². The topological polar surface area (TPSA) is 106 Å². The van der Waals surface area contributed by atoms with Gasteiger partial charge in [-0.25, -0.2) is 0 Å². The van der Waals surface area contributed by atoms with E-state index in [1.165, 1.54) is 0 Å². The highest BCUT2D eigenvalue weighted by Crippen LogP contribution is 2.25. The minimum atomic E-state index is -0.191. The van der Waals surface area contributed by atoms with Gasteiger partial charge in [-0.3, -0.25) is 14.6 Å². The highest BCUT2D eigenvalue weighted by Gasteiger charge is 2.24. The SMILES string of the molecule is COCCn1nc(C(=O)NCc2cn[nH]c2-c2cccc(OC)c2)c2c1CCNC2. The first kappa shape index (κ1) is 20.1. The Morgan fingerprint density at radius 1 is 1.33 bits per heavy atom. The highest BCUT2D eigenvalue weighted by molar-refractivity contribution is 5.94. The summed E-state index contributed by atoms with van der Waals surface area (Å²) < 4.78 is 12.4. The number of nitrogens with one attached hydrogen (secondary N) is 3. The Kier molecular flexibility index (Phi) is 6.10. The van der Waals surface area contributed by atoms with Crippen LogP contribution >= 0.6 is 0 Å². The first-order chi connectivity index (χ1) is 14.7. The van der Waals surface area contributed by atoms with E-state index in [2.05, 4.69) is 25.9 Å². The number of aromatic amines is 1. The fraction of sp³-hybridized carbons (Fsp3) is 0.381. The maximum absolute atomic E-state index is 13.0. The van der Waals surface area contributed by atoms with Crippen molar-refractivity contribution in [3.8, 4) is 17.0 Å². The lowest BCUT2D eigenvalue weighted by Crippen LogP contribution is -2.28. The van der Waals surface area contributed by atoms with Crippen LogP contribution in [0.4, 0.5) is 0 Å². The van der Waals surface area contributed by atoms with E-state index in [0.29, 0.717) is 31.9 Å². The van der Waals surface area contributed by atoms with Gasteiger partial charge in [-0.05, 0) is 12.1 Å². The lowest BCUT2D eigenvalue weighted by atomic mass is 10.1. The normalized spacial score (nSPS) is 13.1. The molecule has 1 aliphatic heterocycles. The molecule has 1 aromatic carbocycles. The molecule has 3 heterocycles. The van der Waals surface area contributed by atoms with Crippen molar-refractivity contribution in [1.29, 1.82) is 0 Å². The molecule has 0 saturated carbocycles. The number of carbonyl (C=O) groups excluding carboxylic acids is 1. The number of rotatable bonds is 8. The Balaban J connectivity index is 1.51. The molecule has 3 aromatic rings. The Hall–Kier alpha value is -3.17. The van der Waals surface area contributed by atoms with E-state index in [4.69, 9.17) is 9.47 Å². The van der Waals surface area contributed by atoms with Crippen molar-refractivity contribution in [2.75, 3.05) is 27.4 Å². The second kappa shape index (κ2) is 9.10. The third kappa shape index (κ3) is 4.07. The Morgan fingerprint density at radius 3 is 3.07 bits per heavy atom. The van der Waals surface area contributed by atoms with E-state index in [1.807, 2.05) is 28.9 Å². The number of benzene rings is 1. The molecule has 9 heteroatoms. The van der Waals surface area contributed by atoms with Gasteiger partial charge in [-0.15, -0.1) is 0 Å². The molecular weight excluding hydrogens is 384 g/mol. The summed E-state index contributed by atoms with van der Waals surface area (Å²) in [5, 5.41) is 18.1. The minimum absolute atomic E-state index is 0.191. The van der Waals surface area contributed by atoms with Crippen LogP contribution in [-0.4, -0.2) is 53.3 Å². The molecule has 158 valence electrons. The molecule has 0 spiro atoms. The summed E-state index contributed by atoms with van der Waals surface area (Å²) in [5.74, 6) is 0.571. The average Bonchev–Trinajstić information content (AvgIpc) is 3.41. The molecule has 4 rings (SSSR count). The second-order valence-corrected chi connectivity index (χ2v) is 7.10. The number of carbonyl (C=O) groups is 1. The molecule has 0 saturated heterocycles. The number of aromatic nitrogens is 4. The van der Waals surface area contributed by atoms with Crippen LogP contribution in [0.15, 0.2) is 30.5 Å². The summed E-state index contributed by atoms with van der Waals surface area (Å²) >= 11 is 0. The molecule has 9 nitrogen and oxygen atoms in total. The summed E-state index contributed by atoms with van der Waals surface area (Å²) in [7, 11) is 3.30. The van der Waals surface area contributed by atoms with Gasteiger partial charge in [-0.1, -0.05) is 12.1 Å². The van der Waals surface area contributed by atoms with E-state index >= 15 is 0 Å². The van der Waals surface area contributed by atoms with Crippen LogP contribution in [0.3, 0.4) is 0 Å². The Labute approximate surface area is 174 Å². The molecule has 1 aliphatic rings. The quantitative estimate of drug-likeness (QED) is 0.520. The minimum Gasteiger partial charge on any atom is -0.497 e. The fourth-order valence-corrected chi connectivity index (χ4v) is 3.70. The monoisotopic (exact) mass is 410 g/mol. The van der Waals surface area contributed by atoms with Crippen LogP contribution in [0.1, 0.15) is 27.3 Å². The van der Waals surface area contributed by atoms with E-state index in [1.54, 1.807) is 20.4 Å². The summed E-state index contributed by atoms with van der Waals surface area (Å²) in [4.78, 5) is 13.0. The zero-order valence-electron chi connectivity index (χ0n) is 17.2. The first-order valence-electron chi connectivity index (χ1n) is 9.94. The molecule has 30 heavy (non-hydrogen) atoms. The van der Waals surface area contributed by atoms with Gasteiger partial charge in [-0.2, -0.15) is 10.2 Å². The van der Waals surface area contributed by atoms with Gasteiger partial charge >= 0.3 is 0 Å². The van der Waals surface area contributed by atoms with Crippen molar-refractivity contribution in [1.82, 2.24) is 30.6 Å². The second-order valence-electron chi connectivity index (χ2n) is 7.10. The van der Waals surface area contributed by atoms with E-state index in [0.717, 1.165) is 46.8 Å². The highest BCUT2D eigenvalue weighted by atomic mass is 16.5. The molecule has 1 amide bonds. The fourth-order valence-electron chi connectivity index (χ4n) is 3.70. The predicted octanol–water partition coefficient (Wildman–Crippen LogP) is 1.50. The van der Waals surface area contributed by atoms with E-state index in [-0.39, 0.29) is 5.91 Å². The van der Waals surface area contributed by atoms with Gasteiger partial charge in [0.2, 0.25) is 0 Å². The van der Waals surface area contributed by atoms with Gasteiger partial charge in [0.15, 0.2) is 5.69 Å². The first-order valence-corrected chi connectivity index (χ1v) is 9.94. The number of H-pyrrole nitrogens is 1. The molecule has 0 fully saturated rings. The van der Waals surface area contributed by atoms with Crippen LogP contribution in [0, 0.1) is 0 Å². The number of hydrogen-bond donors (Lipinski definition) is 3. The molecule has 0 aliphatic carbocycles. The molecule has 3 N–H and O–H groups in total. The molecule has 0 radical (unpaired) electrons. The average molecular weight is 410 g/mol. The Bertz CT molecular complexity index is 1030. The van der Waals surface area contributed by atoms with Crippen molar-refractivity contribution >= 4 is 5.91 Å². The lowest BCUT2D eigenvalue weighted by molar-refractivity contribution is 0.0943. The van der Waals surface area contributed by atoms with Gasteiger partial charge < -0.3 is 20.1 Å². The molecule has 2 aromatic heterocycles. The number of methoxy groups -OCH3 is 2. The summed E-state index contributed by atoms with van der Waals surface area (Å²) in [5.41, 5.74) is 5.23. The largest absolute Gasteiger partial charge is 0.497 e. The smallest absolute Gasteiger partial charge is 0.272 e. The third-order valence-corrected chi connectivity index (χ3v) is 5.24. The van der Waals surface area contributed by atoms with Crippen molar-refractivity contribution < 1.29 is 14.3 Å². The van der Waals surface area contributed by atoms with Gasteiger partial charge in [0.1, 0.15) is 5.75 Å². The number of fused-ring (bicyclic) bond motifs is 1. The van der Waals surface area contributed by atoms with Gasteiger partial charge in [0.05, 0.1) is 32.2 Å². The zero-order chi connectivity index (χ0) is 20.9. The number of ether oxygens (including phenoxy) is 2. The molecule has 0 unspecified atom stereocenters. The van der Waals surface area contributed by atoms with Crippen LogP contribution in [0.2, 0.25) is 0 Å². The van der Waals surface area contributed by atoms with E-state index in [9.17, 15) is 4.79 Å². The van der Waals surface area contributed by atoms with Crippen LogP contribution < -0.4 is 15.4 Å². The van der Waals surface area contributed by atoms with Crippen LogP contribution in [0.25, 0.3) is 11.3 Å². The van der Waals surface area contributed by atoms with Crippen molar-refractivity contribution in [2.45, 2.75) is 26.1 Å². The summed E-state index contributed by atoms with van der Waals surface area (Å²) in [6.45, 7) is 3.06. The maximum atomic E-state index is 13.0. The maximum Gasteiger partial charge on any atom is 0.272 e. The van der Waals surface area contributed by atoms with Crippen molar-refractivity contribution in [3.05, 3.63) is 53.0 Å². The van der Waals surface area contributed by atoms with E-state index < -0.39 is 0 Å². The van der Waals surface area contributed by atoms with Gasteiger partial charge in [0, 0.05) is 55.5 Å². The lowest BCUT2D eigenvalue weighted by Gasteiger charge is -2.15. The van der Waals surface area contributed by atoms with Crippen molar-refractivity contribution in [2.24, 2.45) is 0 Å². The molecule has 0 atom stereocenters. The molecular formula is C21H26N6O3. The Morgan fingerprint density at radius 2 is 2.23 bits per heavy atom. The molecule has 0 bridgehead atoms. The van der Waals surface area contributed by atoms with Gasteiger partial charge in [0.25, 0.3) is 5.91 Å². The predicted molar refractivity (Wildman–Crippen MR) is 111 cm³/mol. The number of amides is 1. The third-order valence-electron chi connectivity index (χ3n) is 5.24. The summed E-state index contributed by atoms with van der Waals surface area (Å²) in [6.07, 6.45) is 2.57. The zero-order valence-corrected chi connectivity index (χ0v) is 17.2. The van der Waals surface area contributed by atoms with Crippen LogP contribution in [-0.2, 0) is 30.8 Å². The van der Waals surface area contributed by atoms with Crippen LogP contribution in [0.5, 0.6) is 5.75 Å². The number of nitrogens with zero attached hydrogens (tertiary/aromatic N) is 3. The number of hydrogen-bond acceptors (Lipinski definition) is 6. The standard InChI is InChI=1S/C21H26N6O3/c1-29-9-8-27-18-6-7-22-13-17(18)20(26-27)21(28)23-11-15-12-24-25-19(15)14-4-3-5-16(10-14)30-2/h3-5,10,12,22H,6-9,11,13H2,1-2H3,(H,23,28)(H,24,25). The summed E-state index contributed by atoms with van der Waals surface area (Å²) in [6, 6.07) is 7.71.